The van der Waals surface area contributed by atoms with Crippen LogP contribution in [-0.4, -0.2) is 37.1 Å². The Balaban J connectivity index is 2.33. The Labute approximate surface area is 110 Å². The zero-order chi connectivity index (χ0) is 14.0. The zero-order valence-corrected chi connectivity index (χ0v) is 10.6. The fourth-order valence-corrected chi connectivity index (χ4v) is 2.41. The molecule has 2 rings (SSSR count). The summed E-state index contributed by atoms with van der Waals surface area (Å²) in [5.74, 6) is -1.27. The number of ether oxygens (including phenoxy) is 1. The SMILES string of the molecule is COCCN1C(=O)CC(N)C1c1cc(F)ccc1F. The lowest BCUT2D eigenvalue weighted by molar-refractivity contribution is -0.129. The molecular formula is C13H16F2N2O2. The monoisotopic (exact) mass is 270 g/mol. The molecule has 1 heterocycles. The van der Waals surface area contributed by atoms with Gasteiger partial charge in [0, 0.05) is 31.7 Å². The molecule has 0 bridgehead atoms. The average Bonchev–Trinajstić information content (AvgIpc) is 2.64. The number of amides is 1. The molecule has 1 saturated heterocycles. The highest BCUT2D eigenvalue weighted by Gasteiger charge is 2.39. The van der Waals surface area contributed by atoms with Gasteiger partial charge in [0.2, 0.25) is 5.91 Å². The predicted molar refractivity (Wildman–Crippen MR) is 65.3 cm³/mol. The number of nitrogens with zero attached hydrogens (tertiary/aromatic N) is 1. The molecule has 1 fully saturated rings. The number of halogens is 2. The number of hydrogen-bond acceptors (Lipinski definition) is 3. The van der Waals surface area contributed by atoms with E-state index in [1.54, 1.807) is 0 Å². The first kappa shape index (κ1) is 13.9. The maximum atomic E-state index is 13.8. The Kier molecular flexibility index (Phi) is 4.11. The van der Waals surface area contributed by atoms with Crippen LogP contribution in [0.5, 0.6) is 0 Å². The van der Waals surface area contributed by atoms with E-state index in [0.29, 0.717) is 13.2 Å². The molecule has 4 nitrogen and oxygen atoms in total. The smallest absolute Gasteiger partial charge is 0.224 e. The van der Waals surface area contributed by atoms with E-state index < -0.39 is 23.7 Å². The number of carbonyl (C=O) groups is 1. The highest BCUT2D eigenvalue weighted by molar-refractivity contribution is 5.80. The topological polar surface area (TPSA) is 55.6 Å². The fraction of sp³-hybridized carbons (Fsp3) is 0.462. The van der Waals surface area contributed by atoms with Crippen molar-refractivity contribution in [1.29, 1.82) is 0 Å². The van der Waals surface area contributed by atoms with Crippen LogP contribution in [-0.2, 0) is 9.53 Å². The Morgan fingerprint density at radius 1 is 1.47 bits per heavy atom. The van der Waals surface area contributed by atoms with Crippen molar-refractivity contribution in [3.8, 4) is 0 Å². The van der Waals surface area contributed by atoms with E-state index in [-0.39, 0.29) is 17.9 Å². The molecule has 2 unspecified atom stereocenters. The largest absolute Gasteiger partial charge is 0.383 e. The summed E-state index contributed by atoms with van der Waals surface area (Å²) in [6.07, 6.45) is 0.129. The van der Waals surface area contributed by atoms with Gasteiger partial charge < -0.3 is 15.4 Å². The summed E-state index contributed by atoms with van der Waals surface area (Å²) in [6.45, 7) is 0.634. The molecule has 104 valence electrons. The van der Waals surface area contributed by atoms with Crippen molar-refractivity contribution in [3.05, 3.63) is 35.4 Å². The number of rotatable bonds is 4. The van der Waals surface area contributed by atoms with E-state index in [4.69, 9.17) is 10.5 Å². The highest BCUT2D eigenvalue weighted by atomic mass is 19.1. The lowest BCUT2D eigenvalue weighted by Gasteiger charge is -2.27. The molecule has 2 N–H and O–H groups in total. The van der Waals surface area contributed by atoms with E-state index in [1.807, 2.05) is 0 Å². The van der Waals surface area contributed by atoms with Crippen molar-refractivity contribution >= 4 is 5.91 Å². The summed E-state index contributed by atoms with van der Waals surface area (Å²) in [6, 6.07) is 2.01. The number of methoxy groups -OCH3 is 1. The van der Waals surface area contributed by atoms with Gasteiger partial charge in [0.1, 0.15) is 11.6 Å². The lowest BCUT2D eigenvalue weighted by Crippen LogP contribution is -2.35. The number of likely N-dealkylation sites (tertiary alicyclic amines) is 1. The van der Waals surface area contributed by atoms with Crippen LogP contribution < -0.4 is 5.73 Å². The Hall–Kier alpha value is -1.53. The van der Waals surface area contributed by atoms with Crippen LogP contribution >= 0.6 is 0 Å². The van der Waals surface area contributed by atoms with E-state index >= 15 is 0 Å². The minimum atomic E-state index is -0.640. The summed E-state index contributed by atoms with van der Waals surface area (Å²) < 4.78 is 32.0. The van der Waals surface area contributed by atoms with E-state index in [9.17, 15) is 13.6 Å². The van der Waals surface area contributed by atoms with Crippen LogP contribution in [0.1, 0.15) is 18.0 Å². The van der Waals surface area contributed by atoms with Crippen molar-refractivity contribution in [3.63, 3.8) is 0 Å². The first-order chi connectivity index (χ1) is 9.04. The third-order valence-corrected chi connectivity index (χ3v) is 3.29. The minimum Gasteiger partial charge on any atom is -0.383 e. The van der Waals surface area contributed by atoms with Crippen LogP contribution in [0.25, 0.3) is 0 Å². The van der Waals surface area contributed by atoms with Gasteiger partial charge in [-0.2, -0.15) is 0 Å². The summed E-state index contributed by atoms with van der Waals surface area (Å²) in [5, 5.41) is 0. The highest BCUT2D eigenvalue weighted by Crippen LogP contribution is 2.33. The Morgan fingerprint density at radius 3 is 2.89 bits per heavy atom. The van der Waals surface area contributed by atoms with Gasteiger partial charge in [-0.3, -0.25) is 4.79 Å². The summed E-state index contributed by atoms with van der Waals surface area (Å²) in [7, 11) is 1.51. The van der Waals surface area contributed by atoms with E-state index in [1.165, 1.54) is 12.0 Å². The molecule has 0 aliphatic carbocycles. The zero-order valence-electron chi connectivity index (χ0n) is 10.6. The number of carbonyl (C=O) groups excluding carboxylic acids is 1. The van der Waals surface area contributed by atoms with Crippen LogP contribution in [0.2, 0.25) is 0 Å². The van der Waals surface area contributed by atoms with Crippen molar-refractivity contribution in [1.82, 2.24) is 4.90 Å². The molecule has 1 aromatic rings. The van der Waals surface area contributed by atoms with Crippen molar-refractivity contribution in [2.45, 2.75) is 18.5 Å². The van der Waals surface area contributed by atoms with E-state index in [2.05, 4.69) is 0 Å². The fourth-order valence-electron chi connectivity index (χ4n) is 2.41. The van der Waals surface area contributed by atoms with Crippen molar-refractivity contribution in [2.75, 3.05) is 20.3 Å². The number of benzene rings is 1. The third-order valence-electron chi connectivity index (χ3n) is 3.29. The van der Waals surface area contributed by atoms with Crippen LogP contribution in [0.4, 0.5) is 8.78 Å². The van der Waals surface area contributed by atoms with Gasteiger partial charge in [-0.1, -0.05) is 0 Å². The molecule has 1 amide bonds. The minimum absolute atomic E-state index is 0.120. The molecule has 1 aliphatic heterocycles. The standard InChI is InChI=1S/C13H16F2N2O2/c1-19-5-4-17-12(18)7-11(16)13(17)9-6-8(14)2-3-10(9)15/h2-3,6,11,13H,4-5,7,16H2,1H3. The predicted octanol–water partition coefficient (Wildman–Crippen LogP) is 1.21. The quantitative estimate of drug-likeness (QED) is 0.894. The van der Waals surface area contributed by atoms with Gasteiger partial charge in [0.25, 0.3) is 0 Å². The van der Waals surface area contributed by atoms with Crippen LogP contribution in [0.3, 0.4) is 0 Å². The van der Waals surface area contributed by atoms with Crippen molar-refractivity contribution in [2.24, 2.45) is 5.73 Å². The first-order valence-electron chi connectivity index (χ1n) is 6.03. The molecule has 0 saturated carbocycles. The molecule has 6 heteroatoms. The van der Waals surface area contributed by atoms with Crippen LogP contribution in [0, 0.1) is 11.6 Å². The van der Waals surface area contributed by atoms with Gasteiger partial charge in [-0.25, -0.2) is 8.78 Å². The molecule has 0 aromatic heterocycles. The van der Waals surface area contributed by atoms with Gasteiger partial charge in [0.15, 0.2) is 0 Å². The Morgan fingerprint density at radius 2 is 2.21 bits per heavy atom. The van der Waals surface area contributed by atoms with Gasteiger partial charge in [0.05, 0.1) is 12.6 Å². The normalized spacial score (nSPS) is 23.2. The molecule has 2 atom stereocenters. The molecule has 1 aliphatic rings. The van der Waals surface area contributed by atoms with Gasteiger partial charge in [-0.05, 0) is 18.2 Å². The molecular weight excluding hydrogens is 254 g/mol. The lowest BCUT2D eigenvalue weighted by atomic mass is 10.00. The third kappa shape index (κ3) is 2.74. The molecule has 1 aromatic carbocycles. The first-order valence-corrected chi connectivity index (χ1v) is 6.03. The van der Waals surface area contributed by atoms with Crippen molar-refractivity contribution < 1.29 is 18.3 Å². The van der Waals surface area contributed by atoms with Crippen LogP contribution in [0.15, 0.2) is 18.2 Å². The van der Waals surface area contributed by atoms with E-state index in [0.717, 1.165) is 18.2 Å². The van der Waals surface area contributed by atoms with Gasteiger partial charge in [-0.15, -0.1) is 0 Å². The molecule has 0 radical (unpaired) electrons. The second-order valence-electron chi connectivity index (χ2n) is 4.56. The Bertz CT molecular complexity index is 482. The summed E-state index contributed by atoms with van der Waals surface area (Å²) in [5.41, 5.74) is 6.01. The second kappa shape index (κ2) is 5.63. The maximum Gasteiger partial charge on any atom is 0.224 e. The summed E-state index contributed by atoms with van der Waals surface area (Å²) in [4.78, 5) is 13.3. The van der Waals surface area contributed by atoms with Gasteiger partial charge >= 0.3 is 0 Å². The summed E-state index contributed by atoms with van der Waals surface area (Å²) >= 11 is 0. The maximum absolute atomic E-state index is 13.8. The molecule has 0 spiro atoms. The number of nitrogens with two attached hydrogens (primary N) is 1. The second-order valence-corrected chi connectivity index (χ2v) is 4.56. The average molecular weight is 270 g/mol. The molecule has 19 heavy (non-hydrogen) atoms. The number of hydrogen-bond donors (Lipinski definition) is 1.